The minimum atomic E-state index is 0.0577. The number of rotatable bonds is 6. The molecule has 1 aromatic carbocycles. The minimum Gasteiger partial charge on any atom is -0.382 e. The van der Waals surface area contributed by atoms with E-state index in [2.05, 4.69) is 30.5 Å². The summed E-state index contributed by atoms with van der Waals surface area (Å²) in [5.41, 5.74) is 3.23. The van der Waals surface area contributed by atoms with Crippen LogP contribution in [-0.2, 0) is 4.79 Å². The van der Waals surface area contributed by atoms with Gasteiger partial charge in [-0.05, 0) is 43.9 Å². The molecule has 20 heavy (non-hydrogen) atoms. The van der Waals surface area contributed by atoms with E-state index in [0.29, 0.717) is 12.5 Å². The second-order valence-electron chi connectivity index (χ2n) is 6.01. The van der Waals surface area contributed by atoms with E-state index in [9.17, 15) is 4.79 Å². The van der Waals surface area contributed by atoms with Gasteiger partial charge in [-0.25, -0.2) is 0 Å². The molecule has 0 saturated heterocycles. The summed E-state index contributed by atoms with van der Waals surface area (Å²) in [4.78, 5) is 11.5. The van der Waals surface area contributed by atoms with Crippen LogP contribution in [0, 0.1) is 12.8 Å². The third-order valence-electron chi connectivity index (χ3n) is 4.16. The molecule has 1 saturated carbocycles. The number of aryl methyl sites for hydroxylation is 1. The first-order valence-electron chi connectivity index (χ1n) is 7.75. The van der Waals surface area contributed by atoms with Crippen LogP contribution in [-0.4, -0.2) is 11.9 Å². The molecule has 1 amide bonds. The van der Waals surface area contributed by atoms with Crippen molar-refractivity contribution >= 4 is 17.3 Å². The van der Waals surface area contributed by atoms with E-state index < -0.39 is 0 Å². The first kappa shape index (κ1) is 14.9. The van der Waals surface area contributed by atoms with Gasteiger partial charge in [-0.2, -0.15) is 0 Å². The normalized spacial score (nSPS) is 16.4. The van der Waals surface area contributed by atoms with Gasteiger partial charge in [0.05, 0.1) is 0 Å². The number of hydrogen-bond donors (Lipinski definition) is 2. The number of amides is 1. The van der Waals surface area contributed by atoms with Gasteiger partial charge in [-0.15, -0.1) is 0 Å². The van der Waals surface area contributed by atoms with Crippen LogP contribution in [0.4, 0.5) is 11.4 Å². The predicted octanol–water partition coefficient (Wildman–Crippen LogP) is 4.33. The SMILES string of the molecule is CCC(=O)Nc1ccc(C)c(NC(C)CC2CCC2)c1. The molecule has 0 aliphatic heterocycles. The summed E-state index contributed by atoms with van der Waals surface area (Å²) < 4.78 is 0. The first-order chi connectivity index (χ1) is 9.58. The Bertz CT molecular complexity index is 466. The molecule has 1 fully saturated rings. The average Bonchev–Trinajstić information content (AvgIpc) is 2.38. The van der Waals surface area contributed by atoms with E-state index >= 15 is 0 Å². The lowest BCUT2D eigenvalue weighted by Gasteiger charge is -2.29. The monoisotopic (exact) mass is 274 g/mol. The van der Waals surface area contributed by atoms with Crippen molar-refractivity contribution < 1.29 is 4.79 Å². The van der Waals surface area contributed by atoms with Gasteiger partial charge in [0.25, 0.3) is 0 Å². The predicted molar refractivity (Wildman–Crippen MR) is 85.1 cm³/mol. The highest BCUT2D eigenvalue weighted by molar-refractivity contribution is 5.91. The molecule has 0 spiro atoms. The molecule has 1 aliphatic rings. The Morgan fingerprint density at radius 2 is 2.15 bits per heavy atom. The van der Waals surface area contributed by atoms with Crippen molar-refractivity contribution in [3.63, 3.8) is 0 Å². The lowest BCUT2D eigenvalue weighted by atomic mass is 9.81. The molecule has 1 unspecified atom stereocenters. The number of carbonyl (C=O) groups excluding carboxylic acids is 1. The zero-order valence-electron chi connectivity index (χ0n) is 12.8. The number of nitrogens with one attached hydrogen (secondary N) is 2. The standard InChI is InChI=1S/C17H26N2O/c1-4-17(20)19-15-9-8-12(2)16(11-15)18-13(3)10-14-6-5-7-14/h8-9,11,13-14,18H,4-7,10H2,1-3H3,(H,19,20). The summed E-state index contributed by atoms with van der Waals surface area (Å²) in [6.45, 7) is 6.21. The topological polar surface area (TPSA) is 41.1 Å². The van der Waals surface area contributed by atoms with Gasteiger partial charge in [0, 0.05) is 23.8 Å². The Morgan fingerprint density at radius 1 is 1.40 bits per heavy atom. The smallest absolute Gasteiger partial charge is 0.224 e. The summed E-state index contributed by atoms with van der Waals surface area (Å²) >= 11 is 0. The van der Waals surface area contributed by atoms with Crippen LogP contribution >= 0.6 is 0 Å². The van der Waals surface area contributed by atoms with Gasteiger partial charge in [-0.1, -0.05) is 32.3 Å². The van der Waals surface area contributed by atoms with Crippen LogP contribution in [0.15, 0.2) is 18.2 Å². The highest BCUT2D eigenvalue weighted by Gasteiger charge is 2.20. The van der Waals surface area contributed by atoms with Crippen LogP contribution in [0.25, 0.3) is 0 Å². The van der Waals surface area contributed by atoms with Crippen LogP contribution in [0.3, 0.4) is 0 Å². The quantitative estimate of drug-likeness (QED) is 0.810. The summed E-state index contributed by atoms with van der Waals surface area (Å²) in [6.07, 6.45) is 5.92. The summed E-state index contributed by atoms with van der Waals surface area (Å²) in [5.74, 6) is 0.961. The Balaban J connectivity index is 1.97. The van der Waals surface area contributed by atoms with E-state index in [1.165, 1.54) is 31.2 Å². The van der Waals surface area contributed by atoms with E-state index in [1.54, 1.807) is 0 Å². The second-order valence-corrected chi connectivity index (χ2v) is 6.01. The molecular weight excluding hydrogens is 248 g/mol. The number of hydrogen-bond acceptors (Lipinski definition) is 2. The van der Waals surface area contributed by atoms with E-state index in [1.807, 2.05) is 19.1 Å². The molecule has 1 aliphatic carbocycles. The van der Waals surface area contributed by atoms with Crippen molar-refractivity contribution in [2.75, 3.05) is 10.6 Å². The maximum absolute atomic E-state index is 11.5. The van der Waals surface area contributed by atoms with Gasteiger partial charge in [-0.3, -0.25) is 4.79 Å². The van der Waals surface area contributed by atoms with Crippen molar-refractivity contribution in [3.8, 4) is 0 Å². The van der Waals surface area contributed by atoms with Crippen LogP contribution in [0.2, 0.25) is 0 Å². The molecule has 3 nitrogen and oxygen atoms in total. The van der Waals surface area contributed by atoms with E-state index in [-0.39, 0.29) is 5.91 Å². The minimum absolute atomic E-state index is 0.0577. The van der Waals surface area contributed by atoms with Crippen molar-refractivity contribution in [2.45, 2.75) is 58.9 Å². The molecule has 110 valence electrons. The average molecular weight is 274 g/mol. The zero-order chi connectivity index (χ0) is 14.5. The number of benzene rings is 1. The molecule has 0 heterocycles. The van der Waals surface area contributed by atoms with Crippen molar-refractivity contribution in [3.05, 3.63) is 23.8 Å². The fraction of sp³-hybridized carbons (Fsp3) is 0.588. The molecule has 0 radical (unpaired) electrons. The van der Waals surface area contributed by atoms with Crippen molar-refractivity contribution in [2.24, 2.45) is 5.92 Å². The Morgan fingerprint density at radius 3 is 2.75 bits per heavy atom. The summed E-state index contributed by atoms with van der Waals surface area (Å²) in [6, 6.07) is 6.55. The van der Waals surface area contributed by atoms with Gasteiger partial charge in [0.1, 0.15) is 0 Å². The molecule has 3 heteroatoms. The van der Waals surface area contributed by atoms with E-state index in [0.717, 1.165) is 17.3 Å². The molecule has 2 rings (SSSR count). The van der Waals surface area contributed by atoms with Crippen LogP contribution in [0.5, 0.6) is 0 Å². The van der Waals surface area contributed by atoms with Crippen molar-refractivity contribution in [1.29, 1.82) is 0 Å². The molecule has 2 N–H and O–H groups in total. The van der Waals surface area contributed by atoms with Gasteiger partial charge >= 0.3 is 0 Å². The van der Waals surface area contributed by atoms with Crippen LogP contribution < -0.4 is 10.6 Å². The zero-order valence-corrected chi connectivity index (χ0v) is 12.8. The molecule has 0 bridgehead atoms. The number of anilines is 2. The highest BCUT2D eigenvalue weighted by atomic mass is 16.1. The van der Waals surface area contributed by atoms with Gasteiger partial charge < -0.3 is 10.6 Å². The Labute approximate surface area is 122 Å². The largest absolute Gasteiger partial charge is 0.382 e. The first-order valence-corrected chi connectivity index (χ1v) is 7.75. The molecule has 0 aromatic heterocycles. The summed E-state index contributed by atoms with van der Waals surface area (Å²) in [5, 5.41) is 6.51. The molecule has 1 aromatic rings. The Kier molecular flexibility index (Phi) is 5.05. The maximum Gasteiger partial charge on any atom is 0.224 e. The van der Waals surface area contributed by atoms with Crippen molar-refractivity contribution in [1.82, 2.24) is 0 Å². The lowest BCUT2D eigenvalue weighted by molar-refractivity contribution is -0.115. The molecule has 1 atom stereocenters. The third-order valence-corrected chi connectivity index (χ3v) is 4.16. The highest BCUT2D eigenvalue weighted by Crippen LogP contribution is 2.31. The van der Waals surface area contributed by atoms with Gasteiger partial charge in [0.15, 0.2) is 0 Å². The fourth-order valence-corrected chi connectivity index (χ4v) is 2.66. The number of carbonyl (C=O) groups is 1. The second kappa shape index (κ2) is 6.78. The van der Waals surface area contributed by atoms with E-state index in [4.69, 9.17) is 0 Å². The third kappa shape index (κ3) is 3.99. The lowest BCUT2D eigenvalue weighted by Crippen LogP contribution is -2.23. The fourth-order valence-electron chi connectivity index (χ4n) is 2.66. The van der Waals surface area contributed by atoms with Crippen LogP contribution in [0.1, 0.15) is 51.5 Å². The van der Waals surface area contributed by atoms with Gasteiger partial charge in [0.2, 0.25) is 5.91 Å². The summed E-state index contributed by atoms with van der Waals surface area (Å²) in [7, 11) is 0. The maximum atomic E-state index is 11.5. The Hall–Kier alpha value is -1.51. The molecular formula is C17H26N2O.